The topological polar surface area (TPSA) is 50.9 Å². The SMILES string of the molecule is CCNC1CCc2nc(N)[se]c2C1. The first-order chi connectivity index (χ1) is 6.29. The molecule has 13 heavy (non-hydrogen) atoms. The third kappa shape index (κ3) is 1.96. The van der Waals surface area contributed by atoms with Crippen LogP contribution in [0.2, 0.25) is 0 Å². The summed E-state index contributed by atoms with van der Waals surface area (Å²) in [5.41, 5.74) is 7.03. The Hall–Kier alpha value is -0.311. The van der Waals surface area contributed by atoms with Gasteiger partial charge in [-0.05, 0) is 0 Å². The third-order valence-electron chi connectivity index (χ3n) is 2.45. The number of nitrogen functional groups attached to an aromatic ring is 1. The fraction of sp³-hybridized carbons (Fsp3) is 0.667. The molecule has 1 aliphatic carbocycles. The number of nitrogens with zero attached hydrogens (tertiary/aromatic N) is 1. The van der Waals surface area contributed by atoms with Crippen LogP contribution in [-0.2, 0) is 12.8 Å². The maximum absolute atomic E-state index is 5.73. The van der Waals surface area contributed by atoms with Gasteiger partial charge in [0.05, 0.1) is 0 Å². The quantitative estimate of drug-likeness (QED) is 0.730. The van der Waals surface area contributed by atoms with E-state index in [0.717, 1.165) is 17.7 Å². The van der Waals surface area contributed by atoms with Crippen LogP contribution in [0.15, 0.2) is 0 Å². The van der Waals surface area contributed by atoms with E-state index in [0.29, 0.717) is 20.5 Å². The first kappa shape index (κ1) is 9.25. The van der Waals surface area contributed by atoms with Crippen LogP contribution in [0, 0.1) is 0 Å². The molecule has 2 rings (SSSR count). The number of nitrogens with one attached hydrogen (secondary N) is 1. The van der Waals surface area contributed by atoms with Gasteiger partial charge >= 0.3 is 84.1 Å². The summed E-state index contributed by atoms with van der Waals surface area (Å²) in [6.45, 7) is 3.23. The first-order valence-electron chi connectivity index (χ1n) is 4.77. The van der Waals surface area contributed by atoms with Crippen LogP contribution in [-0.4, -0.2) is 32.1 Å². The summed E-state index contributed by atoms with van der Waals surface area (Å²) in [7, 11) is 0. The van der Waals surface area contributed by atoms with Gasteiger partial charge < -0.3 is 0 Å². The van der Waals surface area contributed by atoms with Gasteiger partial charge in [0, 0.05) is 0 Å². The van der Waals surface area contributed by atoms with Gasteiger partial charge in [-0.15, -0.1) is 0 Å². The Morgan fingerprint density at radius 3 is 3.31 bits per heavy atom. The average Bonchev–Trinajstić information content (AvgIpc) is 2.44. The molecule has 0 spiro atoms. The summed E-state index contributed by atoms with van der Waals surface area (Å²) < 4.78 is 2.40. The minimum absolute atomic E-state index is 0.365. The van der Waals surface area contributed by atoms with Crippen molar-refractivity contribution >= 4 is 19.2 Å². The predicted octanol–water partition coefficient (Wildman–Crippen LogP) is 0.188. The Labute approximate surface area is 84.5 Å². The zero-order valence-corrected chi connectivity index (χ0v) is 9.55. The van der Waals surface area contributed by atoms with Crippen LogP contribution in [0.1, 0.15) is 23.5 Å². The summed E-state index contributed by atoms with van der Waals surface area (Å²) in [5, 5.41) is 3.50. The minimum atomic E-state index is 0.365. The molecule has 0 fully saturated rings. The fourth-order valence-corrected chi connectivity index (χ4v) is 3.87. The van der Waals surface area contributed by atoms with Gasteiger partial charge in [-0.1, -0.05) is 0 Å². The Morgan fingerprint density at radius 1 is 1.69 bits per heavy atom. The normalized spacial score (nSPS) is 21.5. The van der Waals surface area contributed by atoms with E-state index in [9.17, 15) is 0 Å². The Bertz CT molecular complexity index is 295. The molecule has 3 N–H and O–H groups in total. The maximum atomic E-state index is 5.73. The number of rotatable bonds is 2. The van der Waals surface area contributed by atoms with Gasteiger partial charge in [-0.25, -0.2) is 0 Å². The second kappa shape index (κ2) is 3.82. The van der Waals surface area contributed by atoms with Crippen molar-refractivity contribution in [2.24, 2.45) is 0 Å². The number of likely N-dealkylation sites (N-methyl/N-ethyl adjacent to an activating group) is 1. The Balaban J connectivity index is 2.10. The van der Waals surface area contributed by atoms with E-state index >= 15 is 0 Å². The van der Waals surface area contributed by atoms with Crippen LogP contribution in [0.3, 0.4) is 0 Å². The van der Waals surface area contributed by atoms with Gasteiger partial charge in [0.2, 0.25) is 0 Å². The number of aryl methyl sites for hydroxylation is 1. The molecule has 0 bridgehead atoms. The summed E-state index contributed by atoms with van der Waals surface area (Å²) in [4.78, 5) is 4.38. The zero-order chi connectivity index (χ0) is 9.26. The number of fused-ring (bicyclic) bond motifs is 1. The van der Waals surface area contributed by atoms with Gasteiger partial charge in [-0.2, -0.15) is 0 Å². The molecule has 1 atom stereocenters. The van der Waals surface area contributed by atoms with Crippen molar-refractivity contribution in [2.45, 2.75) is 32.2 Å². The molecule has 1 aliphatic rings. The zero-order valence-electron chi connectivity index (χ0n) is 7.84. The molecule has 3 nitrogen and oxygen atoms in total. The first-order valence-corrected chi connectivity index (χ1v) is 6.48. The van der Waals surface area contributed by atoms with E-state index in [-0.39, 0.29) is 0 Å². The monoisotopic (exact) mass is 245 g/mol. The molecule has 0 radical (unpaired) electrons. The van der Waals surface area contributed by atoms with Crippen molar-refractivity contribution in [1.82, 2.24) is 10.3 Å². The number of aromatic nitrogens is 1. The molecular weight excluding hydrogens is 229 g/mol. The van der Waals surface area contributed by atoms with E-state index in [4.69, 9.17) is 5.73 Å². The standard InChI is InChI=1S/C9H15N3Se/c1-2-11-6-3-4-7-8(5-6)13-9(10)12-7/h6,11H,2-5H2,1H3,(H2,10,12). The van der Waals surface area contributed by atoms with Crippen molar-refractivity contribution in [3.05, 3.63) is 10.1 Å². The molecule has 0 saturated heterocycles. The van der Waals surface area contributed by atoms with E-state index in [2.05, 4.69) is 17.2 Å². The average molecular weight is 244 g/mol. The number of nitrogens with two attached hydrogens (primary N) is 1. The Morgan fingerprint density at radius 2 is 2.54 bits per heavy atom. The number of anilines is 1. The van der Waals surface area contributed by atoms with Crippen molar-refractivity contribution in [3.8, 4) is 0 Å². The number of hydrogen-bond donors (Lipinski definition) is 2. The van der Waals surface area contributed by atoms with Crippen LogP contribution < -0.4 is 11.1 Å². The van der Waals surface area contributed by atoms with Crippen molar-refractivity contribution in [3.63, 3.8) is 0 Å². The summed E-state index contributed by atoms with van der Waals surface area (Å²) in [6, 6.07) is 0.673. The Kier molecular flexibility index (Phi) is 2.72. The third-order valence-corrected chi connectivity index (χ3v) is 4.44. The van der Waals surface area contributed by atoms with Gasteiger partial charge in [0.1, 0.15) is 0 Å². The predicted molar refractivity (Wildman–Crippen MR) is 55.1 cm³/mol. The summed E-state index contributed by atoms with van der Waals surface area (Å²) >= 11 is 0.365. The van der Waals surface area contributed by atoms with E-state index in [1.54, 1.807) is 0 Å². The van der Waals surface area contributed by atoms with Crippen molar-refractivity contribution in [2.75, 3.05) is 12.3 Å². The molecule has 72 valence electrons. The van der Waals surface area contributed by atoms with Crippen LogP contribution in [0.5, 0.6) is 0 Å². The van der Waals surface area contributed by atoms with Gasteiger partial charge in [0.25, 0.3) is 0 Å². The number of hydrogen-bond acceptors (Lipinski definition) is 3. The molecule has 1 aromatic rings. The molecule has 0 aliphatic heterocycles. The van der Waals surface area contributed by atoms with E-state index < -0.39 is 0 Å². The summed E-state index contributed by atoms with van der Waals surface area (Å²) in [5.74, 6) is 0. The molecule has 1 aromatic heterocycles. The second-order valence-corrected chi connectivity index (χ2v) is 5.76. The molecule has 0 saturated carbocycles. The van der Waals surface area contributed by atoms with Crippen LogP contribution in [0.4, 0.5) is 4.69 Å². The van der Waals surface area contributed by atoms with Crippen molar-refractivity contribution in [1.29, 1.82) is 0 Å². The van der Waals surface area contributed by atoms with E-state index in [1.807, 2.05) is 0 Å². The van der Waals surface area contributed by atoms with Crippen LogP contribution in [0.25, 0.3) is 0 Å². The fourth-order valence-electron chi connectivity index (χ4n) is 1.86. The summed E-state index contributed by atoms with van der Waals surface area (Å²) in [6.07, 6.45) is 3.52. The molecular formula is C9H15N3Se. The van der Waals surface area contributed by atoms with Crippen molar-refractivity contribution < 1.29 is 0 Å². The second-order valence-electron chi connectivity index (χ2n) is 3.42. The van der Waals surface area contributed by atoms with Gasteiger partial charge in [-0.3, -0.25) is 0 Å². The molecule has 1 heterocycles. The molecule has 0 aromatic carbocycles. The van der Waals surface area contributed by atoms with E-state index in [1.165, 1.54) is 23.0 Å². The molecule has 0 amide bonds. The molecule has 1 unspecified atom stereocenters. The van der Waals surface area contributed by atoms with Crippen LogP contribution >= 0.6 is 0 Å². The molecule has 4 heteroatoms. The van der Waals surface area contributed by atoms with Gasteiger partial charge in [0.15, 0.2) is 0 Å².